The molecule has 1 aliphatic carbocycles. The Morgan fingerprint density at radius 2 is 2.00 bits per heavy atom. The zero-order valence-electron chi connectivity index (χ0n) is 12.4. The number of nitrogen functional groups attached to an aromatic ring is 1. The molecule has 6 heteroatoms. The van der Waals surface area contributed by atoms with Crippen LogP contribution in [-0.4, -0.2) is 37.9 Å². The summed E-state index contributed by atoms with van der Waals surface area (Å²) in [6.07, 6.45) is 2.41. The largest absolute Gasteiger partial charge is 0.493 e. The van der Waals surface area contributed by atoms with Crippen LogP contribution in [0, 0.1) is 5.92 Å². The van der Waals surface area contributed by atoms with Crippen molar-refractivity contribution in [3.63, 3.8) is 0 Å². The molecule has 4 N–H and O–H groups in total. The van der Waals surface area contributed by atoms with Crippen LogP contribution in [0.25, 0.3) is 0 Å². The van der Waals surface area contributed by atoms with Crippen molar-refractivity contribution >= 4 is 11.6 Å². The van der Waals surface area contributed by atoms with E-state index in [1.165, 1.54) is 14.2 Å². The number of nitrogens with two attached hydrogens (primary N) is 1. The van der Waals surface area contributed by atoms with Gasteiger partial charge in [-0.25, -0.2) is 0 Å². The number of aliphatic hydroxyl groups excluding tert-OH is 1. The van der Waals surface area contributed by atoms with Gasteiger partial charge in [0.2, 0.25) is 0 Å². The highest BCUT2D eigenvalue weighted by atomic mass is 16.5. The third-order valence-corrected chi connectivity index (χ3v) is 3.94. The molecule has 0 heterocycles. The first-order valence-electron chi connectivity index (χ1n) is 7.04. The number of hydrogen-bond donors (Lipinski definition) is 3. The topological polar surface area (TPSA) is 93.8 Å². The molecule has 1 aliphatic rings. The molecule has 2 atom stereocenters. The van der Waals surface area contributed by atoms with E-state index in [4.69, 9.17) is 15.2 Å². The van der Waals surface area contributed by atoms with E-state index >= 15 is 0 Å². The number of aliphatic hydroxyl groups is 1. The molecule has 116 valence electrons. The fourth-order valence-electron chi connectivity index (χ4n) is 2.67. The molecular weight excluding hydrogens is 272 g/mol. The third-order valence-electron chi connectivity index (χ3n) is 3.94. The first-order chi connectivity index (χ1) is 10.1. The molecule has 2 rings (SSSR count). The van der Waals surface area contributed by atoms with Gasteiger partial charge in [-0.2, -0.15) is 0 Å². The first kappa shape index (κ1) is 15.4. The van der Waals surface area contributed by atoms with Gasteiger partial charge in [0.1, 0.15) is 0 Å². The molecule has 6 nitrogen and oxygen atoms in total. The second-order valence-corrected chi connectivity index (χ2v) is 5.26. The number of amides is 1. The summed E-state index contributed by atoms with van der Waals surface area (Å²) in [4.78, 5) is 12.2. The first-order valence-corrected chi connectivity index (χ1v) is 7.04. The van der Waals surface area contributed by atoms with Gasteiger partial charge >= 0.3 is 0 Å². The number of carbonyl (C=O) groups is 1. The molecule has 0 saturated heterocycles. The summed E-state index contributed by atoms with van der Waals surface area (Å²) in [6.45, 7) is 0.452. The van der Waals surface area contributed by atoms with Gasteiger partial charge in [0.05, 0.1) is 25.9 Å². The molecule has 0 radical (unpaired) electrons. The number of anilines is 1. The van der Waals surface area contributed by atoms with Gasteiger partial charge in [-0.15, -0.1) is 0 Å². The molecule has 1 aromatic carbocycles. The van der Waals surface area contributed by atoms with E-state index in [1.807, 2.05) is 0 Å². The highest BCUT2D eigenvalue weighted by molar-refractivity contribution is 6.00. The van der Waals surface area contributed by atoms with Gasteiger partial charge in [-0.05, 0) is 18.9 Å². The van der Waals surface area contributed by atoms with E-state index in [9.17, 15) is 9.90 Å². The van der Waals surface area contributed by atoms with Gasteiger partial charge in [-0.3, -0.25) is 4.79 Å². The summed E-state index contributed by atoms with van der Waals surface area (Å²) in [7, 11) is 3.02. The quantitative estimate of drug-likeness (QED) is 0.709. The highest BCUT2D eigenvalue weighted by Gasteiger charge is 2.26. The summed E-state index contributed by atoms with van der Waals surface area (Å²) < 4.78 is 10.3. The number of nitrogens with one attached hydrogen (secondary N) is 1. The second-order valence-electron chi connectivity index (χ2n) is 5.26. The van der Waals surface area contributed by atoms with E-state index in [1.54, 1.807) is 12.1 Å². The maximum absolute atomic E-state index is 12.2. The van der Waals surface area contributed by atoms with Crippen LogP contribution in [0.2, 0.25) is 0 Å². The third kappa shape index (κ3) is 3.39. The number of carbonyl (C=O) groups excluding carboxylic acids is 1. The zero-order valence-corrected chi connectivity index (χ0v) is 12.4. The Balaban J connectivity index is 2.08. The Kier molecular flexibility index (Phi) is 4.90. The summed E-state index contributed by atoms with van der Waals surface area (Å²) in [5.74, 6) is 0.790. The van der Waals surface area contributed by atoms with Crippen molar-refractivity contribution in [3.8, 4) is 11.5 Å². The predicted molar refractivity (Wildman–Crippen MR) is 79.6 cm³/mol. The average Bonchev–Trinajstić information content (AvgIpc) is 2.89. The normalized spacial score (nSPS) is 21.1. The lowest BCUT2D eigenvalue weighted by Gasteiger charge is -2.16. The Hall–Kier alpha value is -1.95. The van der Waals surface area contributed by atoms with Gasteiger partial charge in [-0.1, -0.05) is 6.42 Å². The van der Waals surface area contributed by atoms with Gasteiger partial charge < -0.3 is 25.6 Å². The van der Waals surface area contributed by atoms with Crippen molar-refractivity contribution in [3.05, 3.63) is 17.7 Å². The Morgan fingerprint density at radius 3 is 2.57 bits per heavy atom. The monoisotopic (exact) mass is 294 g/mol. The number of hydrogen-bond acceptors (Lipinski definition) is 5. The lowest BCUT2D eigenvalue weighted by atomic mass is 10.1. The fraction of sp³-hybridized carbons (Fsp3) is 0.533. The van der Waals surface area contributed by atoms with Crippen LogP contribution in [0.3, 0.4) is 0 Å². The van der Waals surface area contributed by atoms with Crippen molar-refractivity contribution in [2.75, 3.05) is 26.5 Å². The second kappa shape index (κ2) is 6.67. The van der Waals surface area contributed by atoms with E-state index in [0.29, 0.717) is 29.3 Å². The Morgan fingerprint density at radius 1 is 1.33 bits per heavy atom. The lowest BCUT2D eigenvalue weighted by molar-refractivity contribution is 0.0917. The summed E-state index contributed by atoms with van der Waals surface area (Å²) >= 11 is 0. The van der Waals surface area contributed by atoms with Crippen molar-refractivity contribution in [1.82, 2.24) is 5.32 Å². The maximum Gasteiger partial charge on any atom is 0.253 e. The molecular formula is C15H22N2O4. The average molecular weight is 294 g/mol. The van der Waals surface area contributed by atoms with Crippen LogP contribution < -0.4 is 20.5 Å². The number of rotatable bonds is 5. The molecule has 1 aromatic rings. The maximum atomic E-state index is 12.2. The van der Waals surface area contributed by atoms with Crippen LogP contribution in [-0.2, 0) is 0 Å². The predicted octanol–water partition coefficient (Wildman–Crippen LogP) is 1.18. The summed E-state index contributed by atoms with van der Waals surface area (Å²) in [5, 5.41) is 12.6. The fourth-order valence-corrected chi connectivity index (χ4v) is 2.67. The van der Waals surface area contributed by atoms with Gasteiger partial charge in [0.15, 0.2) is 11.5 Å². The number of benzene rings is 1. The van der Waals surface area contributed by atoms with Crippen molar-refractivity contribution in [1.29, 1.82) is 0 Å². The summed E-state index contributed by atoms with van der Waals surface area (Å²) in [6, 6.07) is 3.13. The van der Waals surface area contributed by atoms with Crippen molar-refractivity contribution in [2.45, 2.75) is 25.4 Å². The smallest absolute Gasteiger partial charge is 0.253 e. The molecule has 1 fully saturated rings. The van der Waals surface area contributed by atoms with Crippen LogP contribution in [0.4, 0.5) is 5.69 Å². The molecule has 0 spiro atoms. The van der Waals surface area contributed by atoms with Crippen molar-refractivity contribution in [2.24, 2.45) is 5.92 Å². The minimum atomic E-state index is -0.326. The molecule has 0 aromatic heterocycles. The minimum Gasteiger partial charge on any atom is -0.493 e. The Labute approximate surface area is 124 Å². The molecule has 1 amide bonds. The highest BCUT2D eigenvalue weighted by Crippen LogP contribution is 2.32. The molecule has 21 heavy (non-hydrogen) atoms. The van der Waals surface area contributed by atoms with Gasteiger partial charge in [0.25, 0.3) is 5.91 Å². The number of methoxy groups -OCH3 is 2. The van der Waals surface area contributed by atoms with Crippen molar-refractivity contribution < 1.29 is 19.4 Å². The molecule has 0 bridgehead atoms. The van der Waals surface area contributed by atoms with Crippen LogP contribution >= 0.6 is 0 Å². The van der Waals surface area contributed by atoms with Crippen LogP contribution in [0.15, 0.2) is 12.1 Å². The molecule has 2 unspecified atom stereocenters. The van der Waals surface area contributed by atoms with Gasteiger partial charge in [0, 0.05) is 24.2 Å². The lowest BCUT2D eigenvalue weighted by Crippen LogP contribution is -2.32. The molecule has 1 saturated carbocycles. The van der Waals surface area contributed by atoms with E-state index < -0.39 is 0 Å². The Bertz CT molecular complexity index is 519. The number of ether oxygens (including phenoxy) is 2. The zero-order chi connectivity index (χ0) is 15.4. The minimum absolute atomic E-state index is 0.121. The van der Waals surface area contributed by atoms with E-state index in [0.717, 1.165) is 19.3 Å². The van der Waals surface area contributed by atoms with Crippen LogP contribution in [0.5, 0.6) is 11.5 Å². The SMILES string of the molecule is COc1cc(N)c(C(=O)NCC2CCCC2O)cc1OC. The summed E-state index contributed by atoms with van der Waals surface area (Å²) in [5.41, 5.74) is 6.56. The van der Waals surface area contributed by atoms with E-state index in [-0.39, 0.29) is 17.9 Å². The molecule has 0 aliphatic heterocycles. The van der Waals surface area contributed by atoms with Crippen LogP contribution in [0.1, 0.15) is 29.6 Å². The van der Waals surface area contributed by atoms with E-state index in [2.05, 4.69) is 5.32 Å². The standard InChI is InChI=1S/C15H22N2O4/c1-20-13-6-10(11(16)7-14(13)21-2)15(19)17-8-9-4-3-5-12(9)18/h6-7,9,12,18H,3-5,8,16H2,1-2H3,(H,17,19).